The van der Waals surface area contributed by atoms with Crippen LogP contribution < -0.4 is 5.73 Å². The summed E-state index contributed by atoms with van der Waals surface area (Å²) in [7, 11) is 0. The molecule has 0 heterocycles. The van der Waals surface area contributed by atoms with Crippen LogP contribution in [0.4, 0.5) is 0 Å². The molecule has 2 nitrogen and oxygen atoms in total. The lowest BCUT2D eigenvalue weighted by Crippen LogP contribution is -2.38. The highest BCUT2D eigenvalue weighted by Gasteiger charge is 2.43. The maximum Gasteiger partial charge on any atom is 0.00645 e. The lowest BCUT2D eigenvalue weighted by molar-refractivity contribution is 0.158. The first-order chi connectivity index (χ1) is 7.67. The molecule has 1 rings (SSSR count). The number of unbranched alkanes of at least 4 members (excludes halogenated alkanes) is 1. The quantitative estimate of drug-likeness (QED) is 0.655. The summed E-state index contributed by atoms with van der Waals surface area (Å²) >= 11 is 0. The SMILES string of the molecule is CCCCN(CC1(CCN)CC1)C(C)CC. The predicted octanol–water partition coefficient (Wildman–Crippen LogP) is 3.02. The standard InChI is InChI=1S/C14H30N2/c1-4-6-11-16(13(3)5-2)12-14(7-8-14)9-10-15/h13H,4-12,15H2,1-3H3. The van der Waals surface area contributed by atoms with Crippen LogP contribution in [0.5, 0.6) is 0 Å². The molecule has 0 radical (unpaired) electrons. The Morgan fingerprint density at radius 1 is 1.31 bits per heavy atom. The fraction of sp³-hybridized carbons (Fsp3) is 1.00. The third kappa shape index (κ3) is 4.06. The topological polar surface area (TPSA) is 29.3 Å². The van der Waals surface area contributed by atoms with Crippen molar-refractivity contribution < 1.29 is 0 Å². The molecular weight excluding hydrogens is 196 g/mol. The summed E-state index contributed by atoms with van der Waals surface area (Å²) in [6.45, 7) is 10.4. The molecule has 1 aliphatic rings. The molecule has 2 N–H and O–H groups in total. The van der Waals surface area contributed by atoms with Gasteiger partial charge in [-0.2, -0.15) is 0 Å². The Hall–Kier alpha value is -0.0800. The average Bonchev–Trinajstić information content (AvgIpc) is 3.04. The van der Waals surface area contributed by atoms with Gasteiger partial charge in [-0.25, -0.2) is 0 Å². The van der Waals surface area contributed by atoms with Crippen molar-refractivity contribution in [3.63, 3.8) is 0 Å². The van der Waals surface area contributed by atoms with Gasteiger partial charge < -0.3 is 10.6 Å². The molecule has 16 heavy (non-hydrogen) atoms. The highest BCUT2D eigenvalue weighted by molar-refractivity contribution is 4.96. The van der Waals surface area contributed by atoms with Crippen molar-refractivity contribution in [2.75, 3.05) is 19.6 Å². The second kappa shape index (κ2) is 6.61. The summed E-state index contributed by atoms with van der Waals surface area (Å²) in [6, 6.07) is 0.738. The fourth-order valence-electron chi connectivity index (χ4n) is 2.48. The Labute approximate surface area is 102 Å². The Morgan fingerprint density at radius 3 is 2.44 bits per heavy atom. The second-order valence-corrected chi connectivity index (χ2v) is 5.62. The van der Waals surface area contributed by atoms with E-state index in [0.29, 0.717) is 5.41 Å². The zero-order valence-corrected chi connectivity index (χ0v) is 11.5. The van der Waals surface area contributed by atoms with Gasteiger partial charge in [0.15, 0.2) is 0 Å². The lowest BCUT2D eigenvalue weighted by atomic mass is 10.0. The minimum atomic E-state index is 0.603. The second-order valence-electron chi connectivity index (χ2n) is 5.62. The monoisotopic (exact) mass is 226 g/mol. The molecule has 0 amide bonds. The molecule has 0 aromatic rings. The molecule has 1 fully saturated rings. The van der Waals surface area contributed by atoms with Crippen LogP contribution in [0, 0.1) is 5.41 Å². The Balaban J connectivity index is 2.42. The van der Waals surface area contributed by atoms with Crippen LogP contribution in [0.15, 0.2) is 0 Å². The van der Waals surface area contributed by atoms with Crippen LogP contribution >= 0.6 is 0 Å². The van der Waals surface area contributed by atoms with E-state index in [1.807, 2.05) is 0 Å². The first-order valence-corrected chi connectivity index (χ1v) is 7.11. The van der Waals surface area contributed by atoms with Crippen molar-refractivity contribution in [2.45, 2.75) is 65.3 Å². The van der Waals surface area contributed by atoms with Crippen molar-refractivity contribution in [1.82, 2.24) is 4.90 Å². The van der Waals surface area contributed by atoms with Gasteiger partial charge in [-0.05, 0) is 57.5 Å². The highest BCUT2D eigenvalue weighted by Crippen LogP contribution is 2.49. The van der Waals surface area contributed by atoms with E-state index >= 15 is 0 Å². The van der Waals surface area contributed by atoms with Crippen LogP contribution in [0.1, 0.15) is 59.3 Å². The number of nitrogens with zero attached hydrogens (tertiary/aromatic N) is 1. The molecule has 96 valence electrons. The summed E-state index contributed by atoms with van der Waals surface area (Å²) in [4.78, 5) is 2.70. The molecule has 1 saturated carbocycles. The Kier molecular flexibility index (Phi) is 5.77. The van der Waals surface area contributed by atoms with Gasteiger partial charge in [0, 0.05) is 12.6 Å². The molecule has 2 heteroatoms. The lowest BCUT2D eigenvalue weighted by Gasteiger charge is -2.32. The third-order valence-electron chi connectivity index (χ3n) is 4.18. The van der Waals surface area contributed by atoms with E-state index in [4.69, 9.17) is 5.73 Å². The van der Waals surface area contributed by atoms with Gasteiger partial charge >= 0.3 is 0 Å². The van der Waals surface area contributed by atoms with Gasteiger partial charge in [0.1, 0.15) is 0 Å². The molecule has 0 aromatic carbocycles. The fourth-order valence-corrected chi connectivity index (χ4v) is 2.48. The maximum absolute atomic E-state index is 5.72. The first kappa shape index (κ1) is 14.0. The zero-order valence-electron chi connectivity index (χ0n) is 11.5. The first-order valence-electron chi connectivity index (χ1n) is 7.11. The normalized spacial score (nSPS) is 20.1. The summed E-state index contributed by atoms with van der Waals surface area (Å²) in [5.74, 6) is 0. The van der Waals surface area contributed by atoms with Crippen LogP contribution in [-0.2, 0) is 0 Å². The van der Waals surface area contributed by atoms with Crippen molar-refractivity contribution in [1.29, 1.82) is 0 Å². The minimum Gasteiger partial charge on any atom is -0.330 e. The largest absolute Gasteiger partial charge is 0.330 e. The molecular formula is C14H30N2. The van der Waals surface area contributed by atoms with E-state index in [1.54, 1.807) is 0 Å². The molecule has 0 aliphatic heterocycles. The zero-order chi connectivity index (χ0) is 12.0. The van der Waals surface area contributed by atoms with Crippen molar-refractivity contribution in [2.24, 2.45) is 11.1 Å². The van der Waals surface area contributed by atoms with E-state index in [1.165, 1.54) is 51.6 Å². The molecule has 0 saturated heterocycles. The molecule has 0 aromatic heterocycles. The minimum absolute atomic E-state index is 0.603. The van der Waals surface area contributed by atoms with Gasteiger partial charge in [0.05, 0.1) is 0 Å². The predicted molar refractivity (Wildman–Crippen MR) is 71.6 cm³/mol. The molecule has 1 unspecified atom stereocenters. The summed E-state index contributed by atoms with van der Waals surface area (Å²) in [6.07, 6.45) is 7.95. The highest BCUT2D eigenvalue weighted by atomic mass is 15.2. The molecule has 1 aliphatic carbocycles. The Bertz CT molecular complexity index is 187. The van der Waals surface area contributed by atoms with Gasteiger partial charge in [0.2, 0.25) is 0 Å². The summed E-state index contributed by atoms with van der Waals surface area (Å²) in [5, 5.41) is 0. The van der Waals surface area contributed by atoms with Gasteiger partial charge in [0.25, 0.3) is 0 Å². The number of hydrogen-bond acceptors (Lipinski definition) is 2. The van der Waals surface area contributed by atoms with Crippen LogP contribution in [-0.4, -0.2) is 30.6 Å². The average molecular weight is 226 g/mol. The van der Waals surface area contributed by atoms with Crippen LogP contribution in [0.2, 0.25) is 0 Å². The third-order valence-corrected chi connectivity index (χ3v) is 4.18. The van der Waals surface area contributed by atoms with Crippen molar-refractivity contribution in [3.8, 4) is 0 Å². The number of hydrogen-bond donors (Lipinski definition) is 1. The van der Waals surface area contributed by atoms with Crippen LogP contribution in [0.3, 0.4) is 0 Å². The molecule has 0 bridgehead atoms. The molecule has 1 atom stereocenters. The smallest absolute Gasteiger partial charge is 0.00645 e. The van der Waals surface area contributed by atoms with Gasteiger partial charge in [-0.3, -0.25) is 0 Å². The number of nitrogens with two attached hydrogens (primary N) is 1. The van der Waals surface area contributed by atoms with E-state index in [-0.39, 0.29) is 0 Å². The van der Waals surface area contributed by atoms with E-state index in [2.05, 4.69) is 25.7 Å². The van der Waals surface area contributed by atoms with Gasteiger partial charge in [-0.15, -0.1) is 0 Å². The Morgan fingerprint density at radius 2 is 2.00 bits per heavy atom. The van der Waals surface area contributed by atoms with E-state index in [0.717, 1.165) is 12.6 Å². The molecule has 0 spiro atoms. The van der Waals surface area contributed by atoms with Crippen molar-refractivity contribution in [3.05, 3.63) is 0 Å². The summed E-state index contributed by atoms with van der Waals surface area (Å²) < 4.78 is 0. The summed E-state index contributed by atoms with van der Waals surface area (Å²) in [5.41, 5.74) is 6.32. The van der Waals surface area contributed by atoms with E-state index < -0.39 is 0 Å². The van der Waals surface area contributed by atoms with Crippen molar-refractivity contribution >= 4 is 0 Å². The van der Waals surface area contributed by atoms with Crippen LogP contribution in [0.25, 0.3) is 0 Å². The maximum atomic E-state index is 5.72. The number of rotatable bonds is 9. The van der Waals surface area contributed by atoms with Gasteiger partial charge in [-0.1, -0.05) is 20.3 Å². The van der Waals surface area contributed by atoms with E-state index in [9.17, 15) is 0 Å².